The molecule has 76 valence electrons. The molecular formula is C9H9F2NO2. The van der Waals surface area contributed by atoms with E-state index in [9.17, 15) is 13.6 Å². The Morgan fingerprint density at radius 3 is 2.64 bits per heavy atom. The number of nitrogens with two attached hydrogens (primary N) is 1. The van der Waals surface area contributed by atoms with Crippen molar-refractivity contribution >= 4 is 5.97 Å². The molecule has 0 spiro atoms. The van der Waals surface area contributed by atoms with E-state index in [0.29, 0.717) is 0 Å². The summed E-state index contributed by atoms with van der Waals surface area (Å²) in [4.78, 5) is 10.5. The van der Waals surface area contributed by atoms with E-state index in [1.54, 1.807) is 0 Å². The van der Waals surface area contributed by atoms with Crippen LogP contribution in [0, 0.1) is 0 Å². The topological polar surface area (TPSA) is 63.3 Å². The Hall–Kier alpha value is -1.49. The minimum atomic E-state index is -3.18. The third-order valence-corrected chi connectivity index (χ3v) is 1.79. The highest BCUT2D eigenvalue weighted by molar-refractivity contribution is 5.87. The average Bonchev–Trinajstić information content (AvgIpc) is 2.18. The largest absolute Gasteiger partial charge is 0.478 e. The maximum absolute atomic E-state index is 13.0. The highest BCUT2D eigenvalue weighted by Gasteiger charge is 2.29. The number of carbonyl (C=O) groups is 1. The Kier molecular flexibility index (Phi) is 2.81. The lowest BCUT2D eigenvalue weighted by Gasteiger charge is -2.14. The van der Waals surface area contributed by atoms with Gasteiger partial charge in [-0.05, 0) is 12.1 Å². The van der Waals surface area contributed by atoms with Crippen molar-refractivity contribution in [3.05, 3.63) is 35.4 Å². The normalized spacial score (nSPS) is 11.4. The first kappa shape index (κ1) is 10.6. The summed E-state index contributed by atoms with van der Waals surface area (Å²) in [7, 11) is 0. The van der Waals surface area contributed by atoms with E-state index in [1.165, 1.54) is 12.1 Å². The number of carboxylic acids is 1. The van der Waals surface area contributed by atoms with E-state index in [2.05, 4.69) is 0 Å². The standard InChI is InChI=1S/C9H9F2NO2/c10-9(11,5-12)7-3-1-2-6(4-7)8(13)14/h1-4H,5,12H2,(H,13,14). The monoisotopic (exact) mass is 201 g/mol. The number of alkyl halides is 2. The number of aromatic carboxylic acids is 1. The summed E-state index contributed by atoms with van der Waals surface area (Å²) in [5.74, 6) is -4.41. The fourth-order valence-electron chi connectivity index (χ4n) is 0.998. The zero-order valence-electron chi connectivity index (χ0n) is 7.21. The number of carboxylic acid groups (broad SMARTS) is 1. The van der Waals surface area contributed by atoms with Gasteiger partial charge >= 0.3 is 5.97 Å². The zero-order valence-corrected chi connectivity index (χ0v) is 7.21. The number of hydrogen-bond acceptors (Lipinski definition) is 2. The number of benzene rings is 1. The summed E-state index contributed by atoms with van der Waals surface area (Å²) in [5, 5.41) is 8.57. The molecule has 0 aromatic heterocycles. The van der Waals surface area contributed by atoms with E-state index in [0.717, 1.165) is 12.1 Å². The van der Waals surface area contributed by atoms with Gasteiger partial charge in [0.1, 0.15) is 0 Å². The van der Waals surface area contributed by atoms with Crippen LogP contribution in [-0.4, -0.2) is 17.6 Å². The molecule has 14 heavy (non-hydrogen) atoms. The molecule has 0 bridgehead atoms. The van der Waals surface area contributed by atoms with Crippen molar-refractivity contribution in [2.45, 2.75) is 5.92 Å². The molecule has 0 aliphatic heterocycles. The zero-order chi connectivity index (χ0) is 10.8. The van der Waals surface area contributed by atoms with E-state index in [1.807, 2.05) is 0 Å². The lowest BCUT2D eigenvalue weighted by atomic mass is 10.1. The Labute approximate surface area is 79.2 Å². The van der Waals surface area contributed by atoms with Gasteiger partial charge in [0, 0.05) is 5.56 Å². The number of halogens is 2. The molecule has 0 aliphatic rings. The lowest BCUT2D eigenvalue weighted by Crippen LogP contribution is -2.25. The molecule has 0 fully saturated rings. The first-order valence-corrected chi connectivity index (χ1v) is 3.89. The summed E-state index contributed by atoms with van der Waals surface area (Å²) in [6.07, 6.45) is 0. The molecule has 0 aliphatic carbocycles. The van der Waals surface area contributed by atoms with Crippen LogP contribution in [0.2, 0.25) is 0 Å². The molecule has 0 atom stereocenters. The van der Waals surface area contributed by atoms with E-state index in [4.69, 9.17) is 10.8 Å². The van der Waals surface area contributed by atoms with Gasteiger partial charge in [0.2, 0.25) is 0 Å². The van der Waals surface area contributed by atoms with E-state index >= 15 is 0 Å². The van der Waals surface area contributed by atoms with Gasteiger partial charge < -0.3 is 10.8 Å². The maximum atomic E-state index is 13.0. The van der Waals surface area contributed by atoms with Crippen LogP contribution in [0.3, 0.4) is 0 Å². The molecule has 3 N–H and O–H groups in total. The first-order valence-electron chi connectivity index (χ1n) is 3.89. The summed E-state index contributed by atoms with van der Waals surface area (Å²) in [5.41, 5.74) is 4.32. The summed E-state index contributed by atoms with van der Waals surface area (Å²) >= 11 is 0. The Morgan fingerprint density at radius 2 is 2.14 bits per heavy atom. The van der Waals surface area contributed by atoms with Gasteiger partial charge in [-0.2, -0.15) is 8.78 Å². The van der Waals surface area contributed by atoms with Crippen LogP contribution in [0.4, 0.5) is 8.78 Å². The number of hydrogen-bond donors (Lipinski definition) is 2. The second kappa shape index (κ2) is 3.71. The predicted octanol–water partition coefficient (Wildman–Crippen LogP) is 1.44. The molecule has 0 unspecified atom stereocenters. The second-order valence-electron chi connectivity index (χ2n) is 2.79. The molecule has 1 aromatic rings. The van der Waals surface area contributed by atoms with E-state index in [-0.39, 0.29) is 11.1 Å². The van der Waals surface area contributed by atoms with Crippen molar-refractivity contribution in [3.8, 4) is 0 Å². The quantitative estimate of drug-likeness (QED) is 0.777. The second-order valence-corrected chi connectivity index (χ2v) is 2.79. The SMILES string of the molecule is NCC(F)(F)c1cccc(C(=O)O)c1. The molecule has 5 heteroatoms. The molecule has 0 saturated heterocycles. The van der Waals surface area contributed by atoms with Crippen molar-refractivity contribution in [2.24, 2.45) is 5.73 Å². The van der Waals surface area contributed by atoms with Gasteiger partial charge in [-0.25, -0.2) is 4.79 Å². The maximum Gasteiger partial charge on any atom is 0.335 e. The van der Waals surface area contributed by atoms with Crippen molar-refractivity contribution in [1.82, 2.24) is 0 Å². The van der Waals surface area contributed by atoms with Crippen molar-refractivity contribution in [3.63, 3.8) is 0 Å². The predicted molar refractivity (Wildman–Crippen MR) is 46.3 cm³/mol. The van der Waals surface area contributed by atoms with Gasteiger partial charge in [-0.3, -0.25) is 0 Å². The van der Waals surface area contributed by atoms with Crippen LogP contribution in [0.5, 0.6) is 0 Å². The molecule has 0 saturated carbocycles. The van der Waals surface area contributed by atoms with Crippen molar-refractivity contribution in [2.75, 3.05) is 6.54 Å². The van der Waals surface area contributed by atoms with Crippen molar-refractivity contribution in [1.29, 1.82) is 0 Å². The van der Waals surface area contributed by atoms with Crippen LogP contribution < -0.4 is 5.73 Å². The van der Waals surface area contributed by atoms with E-state index < -0.39 is 18.4 Å². The van der Waals surface area contributed by atoms with Gasteiger partial charge in [-0.15, -0.1) is 0 Å². The summed E-state index contributed by atoms with van der Waals surface area (Å²) in [6.45, 7) is -0.837. The molecular weight excluding hydrogens is 192 g/mol. The molecule has 1 rings (SSSR count). The fourth-order valence-corrected chi connectivity index (χ4v) is 0.998. The van der Waals surface area contributed by atoms with Crippen molar-refractivity contribution < 1.29 is 18.7 Å². The third kappa shape index (κ3) is 2.05. The highest BCUT2D eigenvalue weighted by atomic mass is 19.3. The average molecular weight is 201 g/mol. The van der Waals surface area contributed by atoms with Gasteiger partial charge in [0.25, 0.3) is 5.92 Å². The van der Waals surface area contributed by atoms with Crippen LogP contribution in [0.1, 0.15) is 15.9 Å². The fraction of sp³-hybridized carbons (Fsp3) is 0.222. The Balaban J connectivity index is 3.12. The Morgan fingerprint density at radius 1 is 1.50 bits per heavy atom. The molecule has 0 radical (unpaired) electrons. The van der Waals surface area contributed by atoms with Gasteiger partial charge in [-0.1, -0.05) is 12.1 Å². The first-order chi connectivity index (χ1) is 6.47. The molecule has 3 nitrogen and oxygen atoms in total. The van der Waals surface area contributed by atoms with Crippen LogP contribution in [0.25, 0.3) is 0 Å². The lowest BCUT2D eigenvalue weighted by molar-refractivity contribution is 0.00589. The van der Waals surface area contributed by atoms with Crippen LogP contribution in [-0.2, 0) is 5.92 Å². The van der Waals surface area contributed by atoms with Crippen LogP contribution >= 0.6 is 0 Å². The van der Waals surface area contributed by atoms with Gasteiger partial charge in [0.05, 0.1) is 12.1 Å². The minimum absolute atomic E-state index is 0.171. The number of rotatable bonds is 3. The molecule has 0 amide bonds. The third-order valence-electron chi connectivity index (χ3n) is 1.79. The molecule has 1 aromatic carbocycles. The molecule has 0 heterocycles. The summed E-state index contributed by atoms with van der Waals surface area (Å²) < 4.78 is 26.0. The summed E-state index contributed by atoms with van der Waals surface area (Å²) in [6, 6.07) is 4.59. The van der Waals surface area contributed by atoms with Gasteiger partial charge in [0.15, 0.2) is 0 Å². The minimum Gasteiger partial charge on any atom is -0.478 e. The van der Waals surface area contributed by atoms with Crippen LogP contribution in [0.15, 0.2) is 24.3 Å². The highest BCUT2D eigenvalue weighted by Crippen LogP contribution is 2.26. The smallest absolute Gasteiger partial charge is 0.335 e. The Bertz CT molecular complexity index is 352.